The zero-order valence-corrected chi connectivity index (χ0v) is 13.1. The van der Waals surface area contributed by atoms with Gasteiger partial charge in [0.15, 0.2) is 0 Å². The molecule has 1 fully saturated rings. The van der Waals surface area contributed by atoms with Crippen molar-refractivity contribution in [3.63, 3.8) is 0 Å². The first kappa shape index (κ1) is 16.2. The Balaban J connectivity index is 2.34. The summed E-state index contributed by atoms with van der Waals surface area (Å²) in [4.78, 5) is 10.1. The topological polar surface area (TPSA) is 80.5 Å². The molecule has 1 aromatic rings. The number of halogens is 1. The lowest BCUT2D eigenvalue weighted by Gasteiger charge is -2.24. The van der Waals surface area contributed by atoms with Crippen molar-refractivity contribution in [3.8, 4) is 0 Å². The van der Waals surface area contributed by atoms with Crippen LogP contribution in [0.1, 0.15) is 32.1 Å². The van der Waals surface area contributed by atoms with E-state index in [0.29, 0.717) is 13.1 Å². The van der Waals surface area contributed by atoms with E-state index < -0.39 is 14.9 Å². The number of nitro groups is 1. The summed E-state index contributed by atoms with van der Waals surface area (Å²) in [5.41, 5.74) is -0.384. The molecule has 0 radical (unpaired) electrons. The van der Waals surface area contributed by atoms with Gasteiger partial charge in [-0.15, -0.1) is 0 Å². The van der Waals surface area contributed by atoms with Crippen molar-refractivity contribution in [3.05, 3.63) is 33.3 Å². The summed E-state index contributed by atoms with van der Waals surface area (Å²) in [5.74, 6) is 0. The summed E-state index contributed by atoms with van der Waals surface area (Å²) < 4.78 is 26.6. The predicted octanol–water partition coefficient (Wildman–Crippen LogP) is 3.20. The smallest absolute Gasteiger partial charge is 0.258 e. The first-order valence-corrected chi connectivity index (χ1v) is 8.69. The minimum Gasteiger partial charge on any atom is -0.258 e. The highest BCUT2D eigenvalue weighted by molar-refractivity contribution is 7.89. The molecule has 116 valence electrons. The third-order valence-electron chi connectivity index (χ3n) is 3.57. The molecule has 8 heteroatoms. The van der Waals surface area contributed by atoms with Gasteiger partial charge in [-0.1, -0.05) is 30.9 Å². The molecular formula is C13H17ClN2O4S. The number of hydrogen-bond acceptors (Lipinski definition) is 4. The highest BCUT2D eigenvalue weighted by Crippen LogP contribution is 2.29. The second-order valence-electron chi connectivity index (χ2n) is 5.04. The Morgan fingerprint density at radius 3 is 2.24 bits per heavy atom. The van der Waals surface area contributed by atoms with Gasteiger partial charge < -0.3 is 0 Å². The first-order valence-electron chi connectivity index (χ1n) is 6.87. The largest absolute Gasteiger partial charge is 0.289 e. The summed E-state index contributed by atoms with van der Waals surface area (Å²) in [6.45, 7) is 0.914. The summed E-state index contributed by atoms with van der Waals surface area (Å²) in [6.07, 6.45) is 4.77. The lowest BCUT2D eigenvalue weighted by atomic mass is 10.1. The standard InChI is InChI=1S/C13H17ClN2O4S/c14-12-7-6-11(10-13(12)16(17)18)21(19,20)15-8-4-2-1-3-5-9-15/h6-7,10H,1-5,8-9H2. The number of hydrogen-bond donors (Lipinski definition) is 0. The third-order valence-corrected chi connectivity index (χ3v) is 5.78. The second kappa shape index (κ2) is 6.72. The zero-order chi connectivity index (χ0) is 15.5. The molecule has 1 aromatic carbocycles. The third kappa shape index (κ3) is 3.72. The highest BCUT2D eigenvalue weighted by Gasteiger charge is 2.27. The van der Waals surface area contributed by atoms with E-state index in [-0.39, 0.29) is 15.6 Å². The van der Waals surface area contributed by atoms with Crippen LogP contribution >= 0.6 is 11.6 Å². The van der Waals surface area contributed by atoms with Crippen LogP contribution in [0.15, 0.2) is 23.1 Å². The Hall–Kier alpha value is -1.18. The normalized spacial score (nSPS) is 18.0. The fraction of sp³-hybridized carbons (Fsp3) is 0.538. The Morgan fingerprint density at radius 1 is 1.10 bits per heavy atom. The minimum atomic E-state index is -3.70. The van der Waals surface area contributed by atoms with E-state index in [2.05, 4.69) is 0 Å². The summed E-state index contributed by atoms with van der Waals surface area (Å²) in [6, 6.07) is 3.62. The lowest BCUT2D eigenvalue weighted by molar-refractivity contribution is -0.384. The van der Waals surface area contributed by atoms with Gasteiger partial charge in [-0.3, -0.25) is 10.1 Å². The van der Waals surface area contributed by atoms with Crippen molar-refractivity contribution >= 4 is 27.3 Å². The first-order chi connectivity index (χ1) is 9.93. The molecule has 0 aromatic heterocycles. The van der Waals surface area contributed by atoms with Crippen LogP contribution in [0.3, 0.4) is 0 Å². The Labute approximate surface area is 128 Å². The average Bonchev–Trinajstić information content (AvgIpc) is 2.37. The Kier molecular flexibility index (Phi) is 5.18. The second-order valence-corrected chi connectivity index (χ2v) is 7.39. The molecule has 0 N–H and O–H groups in total. The molecule has 21 heavy (non-hydrogen) atoms. The molecule has 1 aliphatic rings. The Morgan fingerprint density at radius 2 is 1.67 bits per heavy atom. The van der Waals surface area contributed by atoms with Crippen molar-refractivity contribution in [1.82, 2.24) is 4.31 Å². The van der Waals surface area contributed by atoms with E-state index in [1.165, 1.54) is 16.4 Å². The van der Waals surface area contributed by atoms with Crippen molar-refractivity contribution in [2.24, 2.45) is 0 Å². The number of rotatable bonds is 3. The molecule has 0 aliphatic carbocycles. The molecule has 0 unspecified atom stereocenters. The minimum absolute atomic E-state index is 0.0633. The van der Waals surface area contributed by atoms with E-state index >= 15 is 0 Å². The highest BCUT2D eigenvalue weighted by atomic mass is 35.5. The molecule has 6 nitrogen and oxygen atoms in total. The van der Waals surface area contributed by atoms with Crippen molar-refractivity contribution in [1.29, 1.82) is 0 Å². The van der Waals surface area contributed by atoms with Gasteiger partial charge in [0.05, 0.1) is 9.82 Å². The van der Waals surface area contributed by atoms with Gasteiger partial charge in [0.2, 0.25) is 10.0 Å². The number of benzene rings is 1. The number of nitro benzene ring substituents is 1. The molecular weight excluding hydrogens is 316 g/mol. The number of sulfonamides is 1. The molecule has 0 spiro atoms. The van der Waals surface area contributed by atoms with Crippen LogP contribution in [0.5, 0.6) is 0 Å². The molecule has 0 atom stereocenters. The molecule has 0 amide bonds. The summed E-state index contributed by atoms with van der Waals surface area (Å²) in [7, 11) is -3.70. The summed E-state index contributed by atoms with van der Waals surface area (Å²) >= 11 is 5.72. The Bertz CT molecular complexity index is 625. The molecule has 0 bridgehead atoms. The van der Waals surface area contributed by atoms with E-state index in [1.807, 2.05) is 0 Å². The van der Waals surface area contributed by atoms with E-state index in [1.54, 1.807) is 0 Å². The predicted molar refractivity (Wildman–Crippen MR) is 80.0 cm³/mol. The van der Waals surface area contributed by atoms with Gasteiger partial charge in [0, 0.05) is 19.2 Å². The SMILES string of the molecule is O=[N+]([O-])c1cc(S(=O)(=O)N2CCCCCCC2)ccc1Cl. The number of nitrogens with zero attached hydrogens (tertiary/aromatic N) is 2. The quantitative estimate of drug-likeness (QED) is 0.628. The maximum Gasteiger partial charge on any atom is 0.289 e. The molecule has 2 rings (SSSR count). The molecule has 1 saturated heterocycles. The van der Waals surface area contributed by atoms with E-state index in [0.717, 1.165) is 38.2 Å². The van der Waals surface area contributed by atoms with Crippen molar-refractivity contribution in [2.45, 2.75) is 37.0 Å². The van der Waals surface area contributed by atoms with E-state index in [9.17, 15) is 18.5 Å². The average molecular weight is 333 g/mol. The van der Waals surface area contributed by atoms with Crippen LogP contribution in [-0.2, 0) is 10.0 Å². The van der Waals surface area contributed by atoms with Crippen LogP contribution < -0.4 is 0 Å². The molecule has 1 aliphatic heterocycles. The maximum atomic E-state index is 12.6. The zero-order valence-electron chi connectivity index (χ0n) is 11.5. The van der Waals surface area contributed by atoms with Gasteiger partial charge >= 0.3 is 0 Å². The van der Waals surface area contributed by atoms with Crippen molar-refractivity contribution < 1.29 is 13.3 Å². The monoisotopic (exact) mass is 332 g/mol. The molecule has 0 saturated carbocycles. The van der Waals surface area contributed by atoms with Crippen molar-refractivity contribution in [2.75, 3.05) is 13.1 Å². The van der Waals surface area contributed by atoms with Crippen LogP contribution in [0, 0.1) is 10.1 Å². The van der Waals surface area contributed by atoms with Crippen LogP contribution in [0.25, 0.3) is 0 Å². The maximum absolute atomic E-state index is 12.6. The van der Waals surface area contributed by atoms with Gasteiger partial charge in [-0.05, 0) is 25.0 Å². The fourth-order valence-corrected chi connectivity index (χ4v) is 4.12. The van der Waals surface area contributed by atoms with E-state index in [4.69, 9.17) is 11.6 Å². The fourth-order valence-electron chi connectivity index (χ4n) is 2.40. The molecule has 1 heterocycles. The lowest BCUT2D eigenvalue weighted by Crippen LogP contribution is -2.33. The van der Waals surface area contributed by atoms with Gasteiger partial charge in [0.1, 0.15) is 5.02 Å². The van der Waals surface area contributed by atoms with Gasteiger partial charge in [-0.25, -0.2) is 8.42 Å². The van der Waals surface area contributed by atoms with Crippen LogP contribution in [0.2, 0.25) is 5.02 Å². The summed E-state index contributed by atoms with van der Waals surface area (Å²) in [5, 5.41) is 10.8. The van der Waals surface area contributed by atoms with Crippen LogP contribution in [-0.4, -0.2) is 30.7 Å². The van der Waals surface area contributed by atoms with Gasteiger partial charge in [-0.2, -0.15) is 4.31 Å². The van der Waals surface area contributed by atoms with Gasteiger partial charge in [0.25, 0.3) is 5.69 Å². The van der Waals surface area contributed by atoms with Crippen LogP contribution in [0.4, 0.5) is 5.69 Å².